The SMILES string of the molecule is COc1ccc(CCc2nc3ccccc3n2C)cc1. The molecule has 0 aliphatic rings. The van der Waals surface area contributed by atoms with Crippen molar-refractivity contribution in [2.24, 2.45) is 7.05 Å². The van der Waals surface area contributed by atoms with Crippen LogP contribution in [0.4, 0.5) is 0 Å². The molecule has 3 nitrogen and oxygen atoms in total. The summed E-state index contributed by atoms with van der Waals surface area (Å²) in [7, 11) is 3.77. The molecule has 0 amide bonds. The molecule has 102 valence electrons. The fourth-order valence-electron chi connectivity index (χ4n) is 2.47. The van der Waals surface area contributed by atoms with E-state index < -0.39 is 0 Å². The van der Waals surface area contributed by atoms with E-state index in [1.807, 2.05) is 18.2 Å². The predicted octanol–water partition coefficient (Wildman–Crippen LogP) is 3.37. The van der Waals surface area contributed by atoms with E-state index in [9.17, 15) is 0 Å². The van der Waals surface area contributed by atoms with E-state index in [4.69, 9.17) is 9.72 Å². The molecule has 0 atom stereocenters. The molecule has 1 aromatic heterocycles. The van der Waals surface area contributed by atoms with Crippen LogP contribution in [-0.4, -0.2) is 16.7 Å². The molecule has 0 unspecified atom stereocenters. The highest BCUT2D eigenvalue weighted by Crippen LogP contribution is 2.17. The molecule has 2 aromatic carbocycles. The number of nitrogens with zero attached hydrogens (tertiary/aromatic N) is 2. The van der Waals surface area contributed by atoms with Crippen molar-refractivity contribution in [1.82, 2.24) is 9.55 Å². The molecule has 0 radical (unpaired) electrons. The van der Waals surface area contributed by atoms with Crippen molar-refractivity contribution in [3.05, 3.63) is 59.9 Å². The zero-order valence-electron chi connectivity index (χ0n) is 11.8. The second-order valence-electron chi connectivity index (χ2n) is 4.92. The number of imidazole rings is 1. The lowest BCUT2D eigenvalue weighted by Crippen LogP contribution is -2.00. The number of aryl methyl sites for hydroxylation is 3. The van der Waals surface area contributed by atoms with Gasteiger partial charge in [0.05, 0.1) is 18.1 Å². The van der Waals surface area contributed by atoms with Crippen LogP contribution >= 0.6 is 0 Å². The highest BCUT2D eigenvalue weighted by molar-refractivity contribution is 5.75. The van der Waals surface area contributed by atoms with Gasteiger partial charge in [0.25, 0.3) is 0 Å². The highest BCUT2D eigenvalue weighted by atomic mass is 16.5. The van der Waals surface area contributed by atoms with Gasteiger partial charge in [-0.1, -0.05) is 24.3 Å². The van der Waals surface area contributed by atoms with Gasteiger partial charge in [0.1, 0.15) is 11.6 Å². The molecular formula is C17H18N2O. The summed E-state index contributed by atoms with van der Waals surface area (Å²) in [6.45, 7) is 0. The Bertz CT molecular complexity index is 713. The third-order valence-corrected chi connectivity index (χ3v) is 3.68. The lowest BCUT2D eigenvalue weighted by Gasteiger charge is -2.04. The molecule has 0 spiro atoms. The van der Waals surface area contributed by atoms with Crippen molar-refractivity contribution >= 4 is 11.0 Å². The predicted molar refractivity (Wildman–Crippen MR) is 81.1 cm³/mol. The second kappa shape index (κ2) is 5.37. The van der Waals surface area contributed by atoms with Crippen LogP contribution in [0.25, 0.3) is 11.0 Å². The van der Waals surface area contributed by atoms with Gasteiger partial charge in [-0.2, -0.15) is 0 Å². The molecular weight excluding hydrogens is 248 g/mol. The Hall–Kier alpha value is -2.29. The van der Waals surface area contributed by atoms with Crippen molar-refractivity contribution in [3.63, 3.8) is 0 Å². The molecule has 3 rings (SSSR count). The van der Waals surface area contributed by atoms with Crippen LogP contribution in [0.15, 0.2) is 48.5 Å². The molecule has 0 N–H and O–H groups in total. The van der Waals surface area contributed by atoms with Crippen LogP contribution in [0.5, 0.6) is 5.75 Å². The quantitative estimate of drug-likeness (QED) is 0.724. The van der Waals surface area contributed by atoms with Crippen molar-refractivity contribution in [3.8, 4) is 5.75 Å². The number of ether oxygens (including phenoxy) is 1. The van der Waals surface area contributed by atoms with Crippen molar-refractivity contribution in [2.75, 3.05) is 7.11 Å². The van der Waals surface area contributed by atoms with Crippen LogP contribution in [-0.2, 0) is 19.9 Å². The van der Waals surface area contributed by atoms with Gasteiger partial charge in [0.2, 0.25) is 0 Å². The van der Waals surface area contributed by atoms with Gasteiger partial charge in [0, 0.05) is 13.5 Å². The number of para-hydroxylation sites is 2. The van der Waals surface area contributed by atoms with Crippen LogP contribution in [0.3, 0.4) is 0 Å². The van der Waals surface area contributed by atoms with Gasteiger partial charge >= 0.3 is 0 Å². The Balaban J connectivity index is 1.77. The number of fused-ring (bicyclic) bond motifs is 1. The molecule has 0 fully saturated rings. The Kier molecular flexibility index (Phi) is 3.42. The van der Waals surface area contributed by atoms with Crippen molar-refractivity contribution in [2.45, 2.75) is 12.8 Å². The molecule has 0 aliphatic heterocycles. The molecule has 3 heteroatoms. The van der Waals surface area contributed by atoms with Crippen LogP contribution in [0.1, 0.15) is 11.4 Å². The summed E-state index contributed by atoms with van der Waals surface area (Å²) in [5.41, 5.74) is 3.56. The maximum Gasteiger partial charge on any atom is 0.118 e. The number of rotatable bonds is 4. The number of hydrogen-bond acceptors (Lipinski definition) is 2. The fraction of sp³-hybridized carbons (Fsp3) is 0.235. The van der Waals surface area contributed by atoms with E-state index in [-0.39, 0.29) is 0 Å². The van der Waals surface area contributed by atoms with Gasteiger partial charge in [0.15, 0.2) is 0 Å². The van der Waals surface area contributed by atoms with E-state index in [1.54, 1.807) is 7.11 Å². The summed E-state index contributed by atoms with van der Waals surface area (Å²) in [6, 6.07) is 16.5. The third-order valence-electron chi connectivity index (χ3n) is 3.68. The minimum absolute atomic E-state index is 0.900. The normalized spacial score (nSPS) is 10.9. The highest BCUT2D eigenvalue weighted by Gasteiger charge is 2.07. The maximum atomic E-state index is 5.17. The topological polar surface area (TPSA) is 27.1 Å². The molecule has 0 bridgehead atoms. The summed E-state index contributed by atoms with van der Waals surface area (Å²) >= 11 is 0. The van der Waals surface area contributed by atoms with Gasteiger partial charge in [-0.3, -0.25) is 0 Å². The zero-order chi connectivity index (χ0) is 13.9. The van der Waals surface area contributed by atoms with Crippen LogP contribution < -0.4 is 4.74 Å². The zero-order valence-corrected chi connectivity index (χ0v) is 11.8. The first-order valence-electron chi connectivity index (χ1n) is 6.81. The molecule has 0 aliphatic carbocycles. The summed E-state index contributed by atoms with van der Waals surface area (Å²) in [4.78, 5) is 4.70. The first-order valence-corrected chi connectivity index (χ1v) is 6.81. The van der Waals surface area contributed by atoms with E-state index in [2.05, 4.69) is 41.9 Å². The Morgan fingerprint density at radius 2 is 1.75 bits per heavy atom. The van der Waals surface area contributed by atoms with Gasteiger partial charge in [-0.25, -0.2) is 4.98 Å². The minimum Gasteiger partial charge on any atom is -0.497 e. The standard InChI is InChI=1S/C17H18N2O/c1-19-16-6-4-3-5-15(16)18-17(19)12-9-13-7-10-14(20-2)11-8-13/h3-8,10-11H,9,12H2,1-2H3. The van der Waals surface area contributed by atoms with Gasteiger partial charge in [-0.05, 0) is 36.2 Å². The molecule has 0 saturated heterocycles. The number of hydrogen-bond donors (Lipinski definition) is 0. The summed E-state index contributed by atoms with van der Waals surface area (Å²) in [5.74, 6) is 2.03. The summed E-state index contributed by atoms with van der Waals surface area (Å²) < 4.78 is 7.35. The van der Waals surface area contributed by atoms with Crippen LogP contribution in [0, 0.1) is 0 Å². The second-order valence-corrected chi connectivity index (χ2v) is 4.92. The van der Waals surface area contributed by atoms with Gasteiger partial charge < -0.3 is 9.30 Å². The third kappa shape index (κ3) is 2.39. The smallest absolute Gasteiger partial charge is 0.118 e. The average Bonchev–Trinajstić information content (AvgIpc) is 2.83. The largest absolute Gasteiger partial charge is 0.497 e. The summed E-state index contributed by atoms with van der Waals surface area (Å²) in [6.07, 6.45) is 1.93. The molecule has 1 heterocycles. The fourth-order valence-corrected chi connectivity index (χ4v) is 2.47. The van der Waals surface area contributed by atoms with E-state index in [1.165, 1.54) is 11.1 Å². The number of methoxy groups -OCH3 is 1. The maximum absolute atomic E-state index is 5.17. The first kappa shape index (κ1) is 12.7. The van der Waals surface area contributed by atoms with Crippen molar-refractivity contribution in [1.29, 1.82) is 0 Å². The Morgan fingerprint density at radius 1 is 1.00 bits per heavy atom. The lowest BCUT2D eigenvalue weighted by atomic mass is 10.1. The molecule has 20 heavy (non-hydrogen) atoms. The number of aromatic nitrogens is 2. The average molecular weight is 266 g/mol. The lowest BCUT2D eigenvalue weighted by molar-refractivity contribution is 0.414. The Labute approximate surface area is 118 Å². The number of benzene rings is 2. The molecule has 3 aromatic rings. The van der Waals surface area contributed by atoms with E-state index in [0.717, 1.165) is 29.9 Å². The van der Waals surface area contributed by atoms with Crippen molar-refractivity contribution < 1.29 is 4.74 Å². The summed E-state index contributed by atoms with van der Waals surface area (Å²) in [5, 5.41) is 0. The first-order chi connectivity index (χ1) is 9.78. The van der Waals surface area contributed by atoms with Crippen LogP contribution in [0.2, 0.25) is 0 Å². The van der Waals surface area contributed by atoms with E-state index >= 15 is 0 Å². The van der Waals surface area contributed by atoms with Gasteiger partial charge in [-0.15, -0.1) is 0 Å². The monoisotopic (exact) mass is 266 g/mol. The minimum atomic E-state index is 0.900. The molecule has 0 saturated carbocycles. The Morgan fingerprint density at radius 3 is 2.45 bits per heavy atom. The van der Waals surface area contributed by atoms with E-state index in [0.29, 0.717) is 0 Å².